The maximum atomic E-state index is 12.9. The minimum absolute atomic E-state index is 0.0857. The molecule has 0 fully saturated rings. The van der Waals surface area contributed by atoms with Gasteiger partial charge in [0.25, 0.3) is 0 Å². The number of carbonyl (C=O) groups excluding carboxylic acids is 3. The van der Waals surface area contributed by atoms with Crippen LogP contribution in [-0.2, 0) is 28.6 Å². The molecule has 0 aromatic rings. The van der Waals surface area contributed by atoms with E-state index >= 15 is 0 Å². The number of hydrogen-bond donors (Lipinski definition) is 0. The number of unbranched alkanes of at least 4 members (excludes halogenated alkanes) is 30. The fourth-order valence-electron chi connectivity index (χ4n) is 9.13. The van der Waals surface area contributed by atoms with Crippen LogP contribution in [0.2, 0.25) is 0 Å². The summed E-state index contributed by atoms with van der Waals surface area (Å²) >= 11 is 0. The molecule has 78 heavy (non-hydrogen) atoms. The van der Waals surface area contributed by atoms with Gasteiger partial charge in [-0.3, -0.25) is 14.4 Å². The van der Waals surface area contributed by atoms with E-state index in [0.29, 0.717) is 19.3 Å². The molecule has 0 N–H and O–H groups in total. The molecule has 1 unspecified atom stereocenters. The number of esters is 3. The molecular weight excluding hydrogens is 961 g/mol. The molecule has 0 saturated carbocycles. The third kappa shape index (κ3) is 62.9. The lowest BCUT2D eigenvalue weighted by atomic mass is 10.0. The Bertz CT molecular complexity index is 1570. The zero-order valence-corrected chi connectivity index (χ0v) is 51.2. The van der Waals surface area contributed by atoms with E-state index in [0.717, 1.165) is 135 Å². The van der Waals surface area contributed by atoms with Gasteiger partial charge in [-0.15, -0.1) is 0 Å². The molecule has 0 aromatic heterocycles. The normalized spacial score (nSPS) is 12.8. The minimum Gasteiger partial charge on any atom is -0.462 e. The molecular formula is C72H122O6. The topological polar surface area (TPSA) is 78.9 Å². The summed E-state index contributed by atoms with van der Waals surface area (Å²) in [5, 5.41) is 0. The molecule has 0 aliphatic heterocycles. The molecule has 0 bridgehead atoms. The second-order valence-electron chi connectivity index (χ2n) is 21.6. The Hall–Kier alpha value is -3.93. The van der Waals surface area contributed by atoms with Gasteiger partial charge in [0.15, 0.2) is 6.10 Å². The fourth-order valence-corrected chi connectivity index (χ4v) is 9.13. The van der Waals surface area contributed by atoms with E-state index in [2.05, 4.69) is 130 Å². The number of rotatable bonds is 59. The van der Waals surface area contributed by atoms with Crippen molar-refractivity contribution in [3.8, 4) is 0 Å². The van der Waals surface area contributed by atoms with Crippen LogP contribution in [0, 0.1) is 0 Å². The van der Waals surface area contributed by atoms with Crippen LogP contribution in [0.5, 0.6) is 0 Å². The van der Waals surface area contributed by atoms with Gasteiger partial charge in [-0.05, 0) is 122 Å². The smallest absolute Gasteiger partial charge is 0.306 e. The quantitative estimate of drug-likeness (QED) is 0.0261. The second kappa shape index (κ2) is 65.6. The van der Waals surface area contributed by atoms with Crippen molar-refractivity contribution in [1.82, 2.24) is 0 Å². The van der Waals surface area contributed by atoms with Crippen LogP contribution < -0.4 is 0 Å². The Kier molecular flexibility index (Phi) is 62.3. The first-order chi connectivity index (χ1) is 38.5. The molecule has 0 amide bonds. The van der Waals surface area contributed by atoms with Crippen LogP contribution in [0.1, 0.15) is 310 Å². The Morgan fingerprint density at radius 2 is 0.500 bits per heavy atom. The molecule has 0 aliphatic rings. The molecule has 0 radical (unpaired) electrons. The molecule has 0 heterocycles. The third-order valence-corrected chi connectivity index (χ3v) is 14.0. The lowest BCUT2D eigenvalue weighted by molar-refractivity contribution is -0.167. The van der Waals surface area contributed by atoms with E-state index < -0.39 is 6.10 Å². The highest BCUT2D eigenvalue weighted by Crippen LogP contribution is 2.17. The van der Waals surface area contributed by atoms with Gasteiger partial charge >= 0.3 is 17.9 Å². The van der Waals surface area contributed by atoms with Crippen molar-refractivity contribution in [2.24, 2.45) is 0 Å². The van der Waals surface area contributed by atoms with E-state index in [1.807, 2.05) is 0 Å². The Morgan fingerprint density at radius 3 is 0.795 bits per heavy atom. The molecule has 0 rings (SSSR count). The predicted molar refractivity (Wildman–Crippen MR) is 339 cm³/mol. The third-order valence-electron chi connectivity index (χ3n) is 14.0. The average Bonchev–Trinajstić information content (AvgIpc) is 3.44. The lowest BCUT2D eigenvalue weighted by Crippen LogP contribution is -2.30. The minimum atomic E-state index is -0.790. The number of ether oxygens (including phenoxy) is 3. The summed E-state index contributed by atoms with van der Waals surface area (Å²) in [5.41, 5.74) is 0. The van der Waals surface area contributed by atoms with Gasteiger partial charge in [0.05, 0.1) is 0 Å². The number of allylic oxidation sites excluding steroid dienone is 18. The van der Waals surface area contributed by atoms with Gasteiger partial charge in [0, 0.05) is 19.3 Å². The zero-order chi connectivity index (χ0) is 56.4. The monoisotopic (exact) mass is 1080 g/mol. The largest absolute Gasteiger partial charge is 0.462 e. The molecule has 0 aromatic carbocycles. The summed E-state index contributed by atoms with van der Waals surface area (Å²) in [6.45, 7) is 6.39. The first-order valence-electron chi connectivity index (χ1n) is 32.9. The maximum Gasteiger partial charge on any atom is 0.306 e. The standard InChI is InChI=1S/C72H122O6/c1-4-7-10-13-16-19-22-25-27-28-29-30-31-32-33-34-35-36-37-38-39-40-41-42-43-44-46-47-50-53-56-59-62-65-71(74)77-68-69(67-76-70(73)64-61-58-55-52-49-24-21-18-15-12-9-6-3)78-72(75)66-63-60-57-54-51-48-45-26-23-20-17-14-11-8-5-2/h7-8,10-11,16-21,25-27,29-30,32-33,45,69H,4-6,9,12-15,22-24,28,31,34-44,46-68H2,1-3H3/b10-7-,11-8-,19-16-,20-17-,21-18-,27-25-,30-29-,33-32-,45-26-. The average molecular weight is 1080 g/mol. The van der Waals surface area contributed by atoms with Crippen molar-refractivity contribution in [3.63, 3.8) is 0 Å². The Balaban J connectivity index is 4.15. The summed E-state index contributed by atoms with van der Waals surface area (Å²) < 4.78 is 16.9. The molecule has 0 saturated heterocycles. The summed E-state index contributed by atoms with van der Waals surface area (Å²) in [5.74, 6) is -0.904. The van der Waals surface area contributed by atoms with E-state index in [4.69, 9.17) is 14.2 Å². The SMILES string of the molecule is CC/C=C\C/C=C\C/C=C\C/C=C\C/C=C\CCCCCCCCCCCCCCCCCCCC(=O)OCC(COC(=O)CCCCCCC/C=C\CCCCC)OC(=O)CCCCCCC/C=C\C/C=C\C/C=C\CC. The fraction of sp³-hybridized carbons (Fsp3) is 0.708. The van der Waals surface area contributed by atoms with Gasteiger partial charge in [-0.2, -0.15) is 0 Å². The van der Waals surface area contributed by atoms with Crippen LogP contribution in [0.25, 0.3) is 0 Å². The van der Waals surface area contributed by atoms with Crippen LogP contribution in [0.4, 0.5) is 0 Å². The van der Waals surface area contributed by atoms with E-state index in [-0.39, 0.29) is 31.1 Å². The van der Waals surface area contributed by atoms with Gasteiger partial charge in [-0.25, -0.2) is 0 Å². The molecule has 0 aliphatic carbocycles. The Labute approximate surface area is 482 Å². The van der Waals surface area contributed by atoms with Gasteiger partial charge in [-0.1, -0.05) is 278 Å². The van der Waals surface area contributed by atoms with Crippen molar-refractivity contribution in [1.29, 1.82) is 0 Å². The van der Waals surface area contributed by atoms with Gasteiger partial charge in [0.2, 0.25) is 0 Å². The molecule has 1 atom stereocenters. The van der Waals surface area contributed by atoms with Crippen molar-refractivity contribution in [3.05, 3.63) is 109 Å². The highest BCUT2D eigenvalue weighted by molar-refractivity contribution is 5.71. The number of hydrogen-bond acceptors (Lipinski definition) is 6. The second-order valence-corrected chi connectivity index (χ2v) is 21.6. The van der Waals surface area contributed by atoms with Crippen molar-refractivity contribution >= 4 is 17.9 Å². The highest BCUT2D eigenvalue weighted by atomic mass is 16.6. The first-order valence-corrected chi connectivity index (χ1v) is 32.9. The molecule has 446 valence electrons. The van der Waals surface area contributed by atoms with Crippen LogP contribution >= 0.6 is 0 Å². The van der Waals surface area contributed by atoms with Crippen LogP contribution in [-0.4, -0.2) is 37.2 Å². The summed E-state index contributed by atoms with van der Waals surface area (Å²) in [6.07, 6.45) is 89.7. The summed E-state index contributed by atoms with van der Waals surface area (Å²) in [6, 6.07) is 0. The van der Waals surface area contributed by atoms with Crippen LogP contribution in [0.3, 0.4) is 0 Å². The zero-order valence-electron chi connectivity index (χ0n) is 51.2. The van der Waals surface area contributed by atoms with Crippen molar-refractivity contribution < 1.29 is 28.6 Å². The van der Waals surface area contributed by atoms with E-state index in [1.165, 1.54) is 135 Å². The van der Waals surface area contributed by atoms with E-state index in [9.17, 15) is 14.4 Å². The Morgan fingerprint density at radius 1 is 0.269 bits per heavy atom. The maximum absolute atomic E-state index is 12.9. The predicted octanol–water partition coefficient (Wildman–Crippen LogP) is 22.6. The summed E-state index contributed by atoms with van der Waals surface area (Å²) in [4.78, 5) is 38.2. The number of carbonyl (C=O) groups is 3. The van der Waals surface area contributed by atoms with E-state index in [1.54, 1.807) is 0 Å². The van der Waals surface area contributed by atoms with Crippen molar-refractivity contribution in [2.45, 2.75) is 316 Å². The highest BCUT2D eigenvalue weighted by Gasteiger charge is 2.19. The molecule has 0 spiro atoms. The first kappa shape index (κ1) is 74.1. The van der Waals surface area contributed by atoms with Gasteiger partial charge in [0.1, 0.15) is 13.2 Å². The lowest BCUT2D eigenvalue weighted by Gasteiger charge is -2.18. The van der Waals surface area contributed by atoms with Crippen LogP contribution in [0.15, 0.2) is 109 Å². The molecule has 6 nitrogen and oxygen atoms in total. The van der Waals surface area contributed by atoms with Crippen molar-refractivity contribution in [2.75, 3.05) is 13.2 Å². The van der Waals surface area contributed by atoms with Gasteiger partial charge < -0.3 is 14.2 Å². The summed E-state index contributed by atoms with van der Waals surface area (Å²) in [7, 11) is 0. The molecule has 6 heteroatoms.